The van der Waals surface area contributed by atoms with Crippen LogP contribution in [-0.2, 0) is 7.05 Å². The minimum Gasteiger partial charge on any atom is -0.493 e. The number of aromatic nitrogens is 1. The third-order valence-corrected chi connectivity index (χ3v) is 5.68. The molecule has 0 spiro atoms. The summed E-state index contributed by atoms with van der Waals surface area (Å²) in [5.41, 5.74) is 2.17. The summed E-state index contributed by atoms with van der Waals surface area (Å²) in [5.74, 6) is 1.05. The summed E-state index contributed by atoms with van der Waals surface area (Å²) in [5, 5.41) is 0. The molecule has 2 aromatic carbocycles. The van der Waals surface area contributed by atoms with Gasteiger partial charge in [-0.3, -0.25) is 9.59 Å². The summed E-state index contributed by atoms with van der Waals surface area (Å²) in [4.78, 5) is 25.3. The third-order valence-electron chi connectivity index (χ3n) is 4.57. The number of ketones is 1. The Bertz CT molecular complexity index is 1270. The second-order valence-electron chi connectivity index (χ2n) is 6.65. The maximum atomic E-state index is 12.7. The predicted octanol–water partition coefficient (Wildman–Crippen LogP) is 2.82. The summed E-state index contributed by atoms with van der Waals surface area (Å²) >= 11 is 1.27. The zero-order valence-electron chi connectivity index (χ0n) is 17.2. The van der Waals surface area contributed by atoms with E-state index in [1.807, 2.05) is 31.2 Å². The van der Waals surface area contributed by atoms with Crippen LogP contribution in [0.15, 0.2) is 59.9 Å². The van der Waals surface area contributed by atoms with Crippen molar-refractivity contribution < 1.29 is 14.3 Å². The summed E-state index contributed by atoms with van der Waals surface area (Å²) in [6, 6.07) is 12.8. The van der Waals surface area contributed by atoms with Gasteiger partial charge in [0.2, 0.25) is 0 Å². The molecule has 30 heavy (non-hydrogen) atoms. The highest BCUT2D eigenvalue weighted by Crippen LogP contribution is 2.28. The molecule has 0 bridgehead atoms. The molecular weight excluding hydrogens is 398 g/mol. The highest BCUT2D eigenvalue weighted by molar-refractivity contribution is 7.07. The highest BCUT2D eigenvalue weighted by atomic mass is 32.1. The van der Waals surface area contributed by atoms with Gasteiger partial charge in [0.05, 0.1) is 11.6 Å². The van der Waals surface area contributed by atoms with Crippen molar-refractivity contribution in [1.29, 1.82) is 0 Å². The molecule has 0 aliphatic heterocycles. The Labute approximate surface area is 178 Å². The Hall–Kier alpha value is -3.38. The number of nitrogens with zero attached hydrogens (tertiary/aromatic N) is 1. The first-order valence-corrected chi connectivity index (χ1v) is 10.2. The number of thiazole rings is 1. The number of methoxy groups -OCH3 is 1. The van der Waals surface area contributed by atoms with E-state index in [0.29, 0.717) is 32.9 Å². The van der Waals surface area contributed by atoms with Gasteiger partial charge in [-0.1, -0.05) is 43.0 Å². The molecule has 0 radical (unpaired) electrons. The number of carbonyl (C=O) groups excluding carboxylic acids is 1. The number of hydrogen-bond acceptors (Lipinski definition) is 5. The molecular formula is C24H23NO4S. The van der Waals surface area contributed by atoms with E-state index in [4.69, 9.17) is 9.47 Å². The van der Waals surface area contributed by atoms with E-state index < -0.39 is 0 Å². The SMILES string of the molecule is C=CCOc1ccc(/C=c2\s/c(=C\C(=O)c3ccccc3C)n(C)c2=O)cc1OC. The Morgan fingerprint density at radius 2 is 1.97 bits per heavy atom. The molecule has 1 aromatic heterocycles. The molecule has 3 rings (SSSR count). The van der Waals surface area contributed by atoms with Gasteiger partial charge in [0, 0.05) is 18.7 Å². The number of aryl methyl sites for hydroxylation is 1. The first kappa shape index (κ1) is 21.3. The largest absolute Gasteiger partial charge is 0.493 e. The second kappa shape index (κ2) is 9.41. The fourth-order valence-electron chi connectivity index (χ4n) is 2.94. The average molecular weight is 422 g/mol. The van der Waals surface area contributed by atoms with Crippen LogP contribution in [0, 0.1) is 6.92 Å². The summed E-state index contributed by atoms with van der Waals surface area (Å²) < 4.78 is 13.6. The molecule has 0 aliphatic rings. The highest BCUT2D eigenvalue weighted by Gasteiger charge is 2.09. The van der Waals surface area contributed by atoms with Gasteiger partial charge in [-0.05, 0) is 36.3 Å². The van der Waals surface area contributed by atoms with Crippen LogP contribution in [0.25, 0.3) is 12.2 Å². The second-order valence-corrected chi connectivity index (χ2v) is 7.71. The minimum atomic E-state index is -0.158. The number of ether oxygens (including phenoxy) is 2. The van der Waals surface area contributed by atoms with Gasteiger partial charge in [0.25, 0.3) is 5.56 Å². The summed E-state index contributed by atoms with van der Waals surface area (Å²) in [7, 11) is 3.23. The maximum absolute atomic E-state index is 12.7. The van der Waals surface area contributed by atoms with Crippen molar-refractivity contribution in [3.63, 3.8) is 0 Å². The van der Waals surface area contributed by atoms with E-state index in [1.165, 1.54) is 22.0 Å². The molecule has 3 aromatic rings. The summed E-state index contributed by atoms with van der Waals surface area (Å²) in [6.07, 6.45) is 4.95. The lowest BCUT2D eigenvalue weighted by molar-refractivity contribution is 0.106. The molecule has 0 fully saturated rings. The first-order valence-electron chi connectivity index (χ1n) is 9.35. The van der Waals surface area contributed by atoms with Crippen molar-refractivity contribution >= 4 is 29.3 Å². The van der Waals surface area contributed by atoms with Gasteiger partial charge in [-0.2, -0.15) is 0 Å². The maximum Gasteiger partial charge on any atom is 0.268 e. The van der Waals surface area contributed by atoms with Crippen LogP contribution < -0.4 is 24.2 Å². The number of benzene rings is 2. The standard InChI is InChI=1S/C24H23NO4S/c1-5-12-29-20-11-10-17(13-21(20)28-4)14-22-24(27)25(3)23(30-22)15-19(26)18-9-7-6-8-16(18)2/h5-11,13-15H,1,12H2,2-4H3/b22-14-,23-15-. The van der Waals surface area contributed by atoms with Gasteiger partial charge in [-0.25, -0.2) is 0 Å². The first-order chi connectivity index (χ1) is 14.4. The molecule has 0 saturated carbocycles. The fraction of sp³-hybridized carbons (Fsp3) is 0.167. The Balaban J connectivity index is 2.02. The van der Waals surface area contributed by atoms with Crippen LogP contribution >= 0.6 is 11.3 Å². The lowest BCUT2D eigenvalue weighted by Crippen LogP contribution is -2.29. The van der Waals surface area contributed by atoms with Gasteiger partial charge in [0.1, 0.15) is 11.3 Å². The van der Waals surface area contributed by atoms with Crippen molar-refractivity contribution in [2.45, 2.75) is 6.92 Å². The van der Waals surface area contributed by atoms with Crippen molar-refractivity contribution in [1.82, 2.24) is 4.57 Å². The lowest BCUT2D eigenvalue weighted by Gasteiger charge is -2.09. The zero-order valence-corrected chi connectivity index (χ0v) is 18.0. The van der Waals surface area contributed by atoms with E-state index in [1.54, 1.807) is 44.5 Å². The van der Waals surface area contributed by atoms with Crippen molar-refractivity contribution in [3.05, 3.63) is 91.4 Å². The monoisotopic (exact) mass is 421 g/mol. The van der Waals surface area contributed by atoms with Crippen LogP contribution in [0.4, 0.5) is 0 Å². The molecule has 1 heterocycles. The molecule has 0 N–H and O–H groups in total. The van der Waals surface area contributed by atoms with E-state index in [2.05, 4.69) is 6.58 Å². The van der Waals surface area contributed by atoms with Gasteiger partial charge in [-0.15, -0.1) is 11.3 Å². The van der Waals surface area contributed by atoms with E-state index in [0.717, 1.165) is 11.1 Å². The molecule has 0 atom stereocenters. The average Bonchev–Trinajstić information content (AvgIpc) is 3.00. The molecule has 0 aliphatic carbocycles. The minimum absolute atomic E-state index is 0.123. The van der Waals surface area contributed by atoms with Crippen molar-refractivity contribution in [2.75, 3.05) is 13.7 Å². The van der Waals surface area contributed by atoms with Crippen LogP contribution in [0.2, 0.25) is 0 Å². The van der Waals surface area contributed by atoms with E-state index >= 15 is 0 Å². The van der Waals surface area contributed by atoms with Gasteiger partial charge < -0.3 is 14.0 Å². The zero-order chi connectivity index (χ0) is 21.7. The Morgan fingerprint density at radius 1 is 1.20 bits per heavy atom. The van der Waals surface area contributed by atoms with E-state index in [-0.39, 0.29) is 11.3 Å². The normalized spacial score (nSPS) is 12.1. The van der Waals surface area contributed by atoms with Crippen LogP contribution in [0.5, 0.6) is 11.5 Å². The number of carbonyl (C=O) groups is 1. The predicted molar refractivity (Wildman–Crippen MR) is 121 cm³/mol. The molecule has 0 unspecified atom stereocenters. The quantitative estimate of drug-likeness (QED) is 0.435. The molecule has 5 nitrogen and oxygen atoms in total. The van der Waals surface area contributed by atoms with Gasteiger partial charge >= 0.3 is 0 Å². The smallest absolute Gasteiger partial charge is 0.268 e. The van der Waals surface area contributed by atoms with Crippen molar-refractivity contribution in [2.24, 2.45) is 7.05 Å². The summed E-state index contributed by atoms with van der Waals surface area (Å²) in [6.45, 7) is 5.90. The molecule has 6 heteroatoms. The van der Waals surface area contributed by atoms with E-state index in [9.17, 15) is 9.59 Å². The molecule has 0 amide bonds. The molecule has 154 valence electrons. The number of hydrogen-bond donors (Lipinski definition) is 0. The number of rotatable bonds is 7. The number of Topliss-reactive ketones (excluding diaryl/α,β-unsaturated/α-hetero) is 1. The van der Waals surface area contributed by atoms with Crippen LogP contribution in [0.3, 0.4) is 0 Å². The Morgan fingerprint density at radius 3 is 2.67 bits per heavy atom. The Kier molecular flexibility index (Phi) is 6.69. The van der Waals surface area contributed by atoms with Crippen molar-refractivity contribution in [3.8, 4) is 11.5 Å². The molecule has 0 saturated heterocycles. The fourth-order valence-corrected chi connectivity index (χ4v) is 3.97. The van der Waals surface area contributed by atoms with Crippen LogP contribution in [0.1, 0.15) is 21.5 Å². The van der Waals surface area contributed by atoms with Gasteiger partial charge in [0.15, 0.2) is 17.3 Å². The lowest BCUT2D eigenvalue weighted by atomic mass is 10.1. The third kappa shape index (κ3) is 4.60. The topological polar surface area (TPSA) is 57.5 Å². The van der Waals surface area contributed by atoms with Crippen LogP contribution in [-0.4, -0.2) is 24.1 Å².